The van der Waals surface area contributed by atoms with Crippen molar-refractivity contribution in [3.05, 3.63) is 36.5 Å². The molecule has 2 unspecified atom stereocenters. The molecule has 2 atom stereocenters. The van der Waals surface area contributed by atoms with E-state index >= 15 is 0 Å². The number of carbonyl (C=O) groups is 1. The van der Waals surface area contributed by atoms with Gasteiger partial charge in [-0.3, -0.25) is 4.79 Å². The highest BCUT2D eigenvalue weighted by Gasteiger charge is 2.17. The van der Waals surface area contributed by atoms with Crippen LogP contribution in [-0.2, 0) is 4.79 Å². The minimum Gasteiger partial charge on any atom is -0.394 e. The van der Waals surface area contributed by atoms with Crippen molar-refractivity contribution in [2.24, 2.45) is 0 Å². The summed E-state index contributed by atoms with van der Waals surface area (Å²) in [5, 5.41) is 22.8. The average molecular weight is 562 g/mol. The van der Waals surface area contributed by atoms with Gasteiger partial charge in [0.25, 0.3) is 0 Å². The molecule has 0 bridgehead atoms. The maximum Gasteiger partial charge on any atom is 0.220 e. The summed E-state index contributed by atoms with van der Waals surface area (Å²) in [7, 11) is 0. The first-order chi connectivity index (χ1) is 19.7. The lowest BCUT2D eigenvalue weighted by Gasteiger charge is -2.19. The summed E-state index contributed by atoms with van der Waals surface area (Å²) in [6, 6.07) is -0.639. The molecule has 0 aromatic heterocycles. The first-order valence-electron chi connectivity index (χ1n) is 17.2. The number of aliphatic hydroxyl groups is 2. The highest BCUT2D eigenvalue weighted by atomic mass is 16.3. The smallest absolute Gasteiger partial charge is 0.220 e. The molecule has 0 radical (unpaired) electrons. The largest absolute Gasteiger partial charge is 0.394 e. The fourth-order valence-corrected chi connectivity index (χ4v) is 4.91. The van der Waals surface area contributed by atoms with Crippen molar-refractivity contribution in [3.63, 3.8) is 0 Å². The van der Waals surface area contributed by atoms with Crippen LogP contribution < -0.4 is 5.32 Å². The normalized spacial score (nSPS) is 13.6. The predicted octanol–water partition coefficient (Wildman–Crippen LogP) is 9.90. The van der Waals surface area contributed by atoms with Gasteiger partial charge >= 0.3 is 0 Å². The Labute approximate surface area is 249 Å². The number of carbonyl (C=O) groups excluding carboxylic acids is 1. The standard InChI is InChI=1S/C36H67NO3/c1-3-5-7-9-11-13-15-16-17-18-19-20-22-23-25-27-29-31-35(39)34(33-38)37-36(40)32-30-28-26-24-21-14-12-10-8-6-4-2/h17-18,22-23,29,31,34-35,38-39H,3-16,19-21,24-28,30,32-33H2,1-2H3,(H,37,40)/b18-17+,23-22+,31-29+. The summed E-state index contributed by atoms with van der Waals surface area (Å²) in [6.07, 6.45) is 40.8. The number of hydrogen-bond donors (Lipinski definition) is 3. The van der Waals surface area contributed by atoms with Gasteiger partial charge in [-0.15, -0.1) is 0 Å². The highest BCUT2D eigenvalue weighted by molar-refractivity contribution is 5.76. The quantitative estimate of drug-likeness (QED) is 0.0603. The van der Waals surface area contributed by atoms with Crippen LogP contribution in [0.4, 0.5) is 0 Å². The molecule has 0 fully saturated rings. The van der Waals surface area contributed by atoms with Crippen LogP contribution in [-0.4, -0.2) is 34.9 Å². The molecule has 1 amide bonds. The van der Waals surface area contributed by atoms with Crippen LogP contribution in [0.3, 0.4) is 0 Å². The van der Waals surface area contributed by atoms with E-state index in [1.807, 2.05) is 6.08 Å². The van der Waals surface area contributed by atoms with E-state index in [1.165, 1.54) is 109 Å². The molecule has 40 heavy (non-hydrogen) atoms. The molecule has 0 saturated heterocycles. The van der Waals surface area contributed by atoms with E-state index in [4.69, 9.17) is 0 Å². The third-order valence-electron chi connectivity index (χ3n) is 7.60. The summed E-state index contributed by atoms with van der Waals surface area (Å²) < 4.78 is 0. The molecule has 0 rings (SSSR count). The van der Waals surface area contributed by atoms with E-state index < -0.39 is 12.1 Å². The lowest BCUT2D eigenvalue weighted by Crippen LogP contribution is -2.45. The van der Waals surface area contributed by atoms with Gasteiger partial charge in [-0.05, 0) is 44.9 Å². The third kappa shape index (κ3) is 28.1. The molecule has 0 spiro atoms. The van der Waals surface area contributed by atoms with Gasteiger partial charge in [-0.2, -0.15) is 0 Å². The van der Waals surface area contributed by atoms with Crippen molar-refractivity contribution in [1.82, 2.24) is 5.32 Å². The first-order valence-corrected chi connectivity index (χ1v) is 17.2. The Balaban J connectivity index is 3.74. The average Bonchev–Trinajstić information content (AvgIpc) is 2.96. The number of amides is 1. The minimum absolute atomic E-state index is 0.0817. The Morgan fingerprint density at radius 1 is 0.575 bits per heavy atom. The maximum atomic E-state index is 12.2. The van der Waals surface area contributed by atoms with Gasteiger partial charge in [0.05, 0.1) is 18.8 Å². The second-order valence-electron chi connectivity index (χ2n) is 11.6. The Morgan fingerprint density at radius 3 is 1.45 bits per heavy atom. The monoisotopic (exact) mass is 562 g/mol. The lowest BCUT2D eigenvalue weighted by atomic mass is 10.0. The molecule has 0 aromatic carbocycles. The fourth-order valence-electron chi connectivity index (χ4n) is 4.91. The van der Waals surface area contributed by atoms with Crippen LogP contribution in [0.2, 0.25) is 0 Å². The summed E-state index contributed by atoms with van der Waals surface area (Å²) in [5.74, 6) is -0.0817. The van der Waals surface area contributed by atoms with Crippen molar-refractivity contribution in [3.8, 4) is 0 Å². The van der Waals surface area contributed by atoms with Crippen LogP contribution in [0.25, 0.3) is 0 Å². The van der Waals surface area contributed by atoms with Gasteiger partial charge < -0.3 is 15.5 Å². The van der Waals surface area contributed by atoms with Gasteiger partial charge in [-0.25, -0.2) is 0 Å². The Hall–Kier alpha value is -1.39. The van der Waals surface area contributed by atoms with Gasteiger partial charge in [-0.1, -0.05) is 153 Å². The molecule has 0 saturated carbocycles. The molecule has 0 heterocycles. The zero-order chi connectivity index (χ0) is 29.4. The van der Waals surface area contributed by atoms with E-state index in [-0.39, 0.29) is 12.5 Å². The molecular weight excluding hydrogens is 494 g/mol. The summed E-state index contributed by atoms with van der Waals surface area (Å²) in [4.78, 5) is 12.2. The van der Waals surface area contributed by atoms with Gasteiger partial charge in [0, 0.05) is 6.42 Å². The SMILES string of the molecule is CCCCCCCCC/C=C/CC/C=C/CC/C=C/C(O)C(CO)NC(=O)CCCCCCCCCCCCC. The molecule has 0 aromatic rings. The zero-order valence-electron chi connectivity index (χ0n) is 26.6. The molecule has 3 N–H and O–H groups in total. The topological polar surface area (TPSA) is 69.6 Å². The molecule has 234 valence electrons. The highest BCUT2D eigenvalue weighted by Crippen LogP contribution is 2.12. The van der Waals surface area contributed by atoms with Gasteiger partial charge in [0.1, 0.15) is 0 Å². The van der Waals surface area contributed by atoms with Crippen molar-refractivity contribution in [2.45, 2.75) is 180 Å². The minimum atomic E-state index is -0.864. The van der Waals surface area contributed by atoms with Crippen LogP contribution in [0.1, 0.15) is 168 Å². The van der Waals surface area contributed by atoms with E-state index in [9.17, 15) is 15.0 Å². The Bertz CT molecular complexity index is 613. The summed E-state index contributed by atoms with van der Waals surface area (Å²) in [6.45, 7) is 4.26. The first kappa shape index (κ1) is 38.6. The molecular formula is C36H67NO3. The van der Waals surface area contributed by atoms with Crippen LogP contribution in [0, 0.1) is 0 Å². The lowest BCUT2D eigenvalue weighted by molar-refractivity contribution is -0.123. The van der Waals surface area contributed by atoms with Gasteiger partial charge in [0.15, 0.2) is 0 Å². The van der Waals surface area contributed by atoms with Crippen molar-refractivity contribution in [2.75, 3.05) is 6.61 Å². The van der Waals surface area contributed by atoms with Crippen LogP contribution >= 0.6 is 0 Å². The number of unbranched alkanes of at least 4 members (excludes halogenated alkanes) is 19. The van der Waals surface area contributed by atoms with E-state index in [1.54, 1.807) is 6.08 Å². The van der Waals surface area contributed by atoms with Crippen molar-refractivity contribution < 1.29 is 15.0 Å². The fraction of sp³-hybridized carbons (Fsp3) is 0.806. The maximum absolute atomic E-state index is 12.2. The summed E-state index contributed by atoms with van der Waals surface area (Å²) in [5.41, 5.74) is 0. The molecule has 4 nitrogen and oxygen atoms in total. The molecule has 0 aliphatic rings. The van der Waals surface area contributed by atoms with E-state index in [0.29, 0.717) is 6.42 Å². The summed E-state index contributed by atoms with van der Waals surface area (Å²) >= 11 is 0. The molecule has 0 aliphatic heterocycles. The number of aliphatic hydroxyl groups excluding tert-OH is 2. The predicted molar refractivity (Wildman–Crippen MR) is 175 cm³/mol. The van der Waals surface area contributed by atoms with Crippen LogP contribution in [0.15, 0.2) is 36.5 Å². The zero-order valence-corrected chi connectivity index (χ0v) is 26.6. The third-order valence-corrected chi connectivity index (χ3v) is 7.60. The van der Waals surface area contributed by atoms with Crippen LogP contribution in [0.5, 0.6) is 0 Å². The molecule has 4 heteroatoms. The van der Waals surface area contributed by atoms with Gasteiger partial charge in [0.2, 0.25) is 5.91 Å². The number of allylic oxidation sites excluding steroid dienone is 5. The Kier molecular flexibility index (Phi) is 31.0. The van der Waals surface area contributed by atoms with Crippen molar-refractivity contribution in [1.29, 1.82) is 0 Å². The van der Waals surface area contributed by atoms with E-state index in [0.717, 1.165) is 38.5 Å². The van der Waals surface area contributed by atoms with Crippen molar-refractivity contribution >= 4 is 5.91 Å². The number of rotatable bonds is 30. The Morgan fingerprint density at radius 2 is 0.975 bits per heavy atom. The van der Waals surface area contributed by atoms with E-state index in [2.05, 4.69) is 43.5 Å². The second kappa shape index (κ2) is 32.1. The second-order valence-corrected chi connectivity index (χ2v) is 11.6. The molecule has 0 aliphatic carbocycles. The number of nitrogens with one attached hydrogen (secondary N) is 1. The number of hydrogen-bond acceptors (Lipinski definition) is 3.